The number of hydrazine groups is 1. The Morgan fingerprint density at radius 2 is 1.97 bits per heavy atom. The van der Waals surface area contributed by atoms with Crippen LogP contribution in [-0.4, -0.2) is 43.0 Å². The highest BCUT2D eigenvalue weighted by Crippen LogP contribution is 2.46. The van der Waals surface area contributed by atoms with Gasteiger partial charge in [0, 0.05) is 43.2 Å². The van der Waals surface area contributed by atoms with Crippen molar-refractivity contribution < 1.29 is 13.6 Å². The van der Waals surface area contributed by atoms with Gasteiger partial charge in [-0.2, -0.15) is 5.26 Å². The van der Waals surface area contributed by atoms with Gasteiger partial charge in [0.15, 0.2) is 0 Å². The Hall–Kier alpha value is -3.46. The largest absolute Gasteiger partial charge is 0.396 e. The number of nitriles is 1. The van der Waals surface area contributed by atoms with Crippen LogP contribution in [-0.2, 0) is 0 Å². The van der Waals surface area contributed by atoms with Gasteiger partial charge in [-0.25, -0.2) is 14.6 Å². The Kier molecular flexibility index (Phi) is 5.08. The van der Waals surface area contributed by atoms with Crippen LogP contribution in [0.3, 0.4) is 0 Å². The number of piperazine rings is 1. The van der Waals surface area contributed by atoms with Gasteiger partial charge in [-0.05, 0) is 24.1 Å². The Balaban J connectivity index is 1.77. The van der Waals surface area contributed by atoms with E-state index in [0.717, 1.165) is 17.4 Å². The molecule has 1 atom stereocenters. The molecule has 2 aromatic carbocycles. The highest BCUT2D eigenvalue weighted by molar-refractivity contribution is 7.23. The van der Waals surface area contributed by atoms with Crippen LogP contribution in [0.1, 0.15) is 22.3 Å². The maximum absolute atomic E-state index is 15.6. The van der Waals surface area contributed by atoms with Crippen LogP contribution >= 0.6 is 11.3 Å². The molecule has 0 unspecified atom stereocenters. The molecule has 2 aliphatic heterocycles. The van der Waals surface area contributed by atoms with Crippen molar-refractivity contribution in [2.75, 3.05) is 42.7 Å². The van der Waals surface area contributed by atoms with E-state index < -0.39 is 11.6 Å². The van der Waals surface area contributed by atoms with Gasteiger partial charge in [0.1, 0.15) is 22.7 Å². The van der Waals surface area contributed by atoms with Crippen molar-refractivity contribution in [2.24, 2.45) is 5.84 Å². The van der Waals surface area contributed by atoms with E-state index in [0.29, 0.717) is 32.6 Å². The lowest BCUT2D eigenvalue weighted by Gasteiger charge is -2.40. The number of amides is 1. The third-order valence-corrected chi connectivity index (χ3v) is 7.35. The molecule has 7 N–H and O–H groups in total. The molecule has 170 valence electrons. The number of anilines is 3. The maximum atomic E-state index is 15.6. The number of nitrogens with two attached hydrogens (primary N) is 3. The quantitative estimate of drug-likeness (QED) is 0.317. The standard InChI is InChI=1S/C22H21F2N7OS/c23-14-2-1-11(16-13(8-25)21(27)33-20(14)16)17-15(24)7-12-19(18(17)26)31(28)5-3-10-9-29-4-6-30(10)22(12)32/h1-2,7,10,29H,3-6,9,26-28H2/t10-/m0/s1. The fourth-order valence-corrected chi connectivity index (χ4v) is 5.70. The second-order valence-corrected chi connectivity index (χ2v) is 9.19. The van der Waals surface area contributed by atoms with Crippen molar-refractivity contribution >= 4 is 43.7 Å². The molecule has 11 heteroatoms. The molecule has 0 aliphatic carbocycles. The maximum Gasteiger partial charge on any atom is 0.256 e. The summed E-state index contributed by atoms with van der Waals surface area (Å²) in [5, 5.41) is 14.5. The van der Waals surface area contributed by atoms with Crippen molar-refractivity contribution in [3.63, 3.8) is 0 Å². The molecule has 8 nitrogen and oxygen atoms in total. The minimum Gasteiger partial charge on any atom is -0.396 e. The SMILES string of the molecule is N#Cc1c(N)sc2c(F)ccc(-c3c(F)cc4c(c3N)N(N)CC[C@H]3CNCCN3C4=O)c12. The van der Waals surface area contributed by atoms with Crippen LogP contribution in [0.4, 0.5) is 25.2 Å². The van der Waals surface area contributed by atoms with Gasteiger partial charge in [0.2, 0.25) is 0 Å². The first-order valence-corrected chi connectivity index (χ1v) is 11.2. The molecular formula is C22H21F2N7OS. The zero-order valence-electron chi connectivity index (χ0n) is 17.5. The first-order valence-electron chi connectivity index (χ1n) is 10.4. The molecule has 0 saturated carbocycles. The van der Waals surface area contributed by atoms with E-state index in [1.165, 1.54) is 17.1 Å². The lowest BCUT2D eigenvalue weighted by atomic mass is 9.93. The van der Waals surface area contributed by atoms with Crippen molar-refractivity contribution in [3.05, 3.63) is 41.0 Å². The molecule has 0 radical (unpaired) electrons. The van der Waals surface area contributed by atoms with E-state index in [1.807, 2.05) is 6.07 Å². The van der Waals surface area contributed by atoms with Gasteiger partial charge in [-0.1, -0.05) is 6.07 Å². The highest BCUT2D eigenvalue weighted by atomic mass is 32.1. The average Bonchev–Trinajstić information content (AvgIpc) is 3.14. The molecule has 0 spiro atoms. The summed E-state index contributed by atoms with van der Waals surface area (Å²) in [5.41, 5.74) is 12.9. The Bertz CT molecular complexity index is 1350. The number of thiophene rings is 1. The predicted octanol–water partition coefficient (Wildman–Crippen LogP) is 2.38. The smallest absolute Gasteiger partial charge is 0.256 e. The number of hydrogen-bond donors (Lipinski definition) is 4. The monoisotopic (exact) mass is 469 g/mol. The molecular weight excluding hydrogens is 448 g/mol. The van der Waals surface area contributed by atoms with Gasteiger partial charge in [-0.3, -0.25) is 4.79 Å². The predicted molar refractivity (Wildman–Crippen MR) is 125 cm³/mol. The summed E-state index contributed by atoms with van der Waals surface area (Å²) in [7, 11) is 0. The van der Waals surface area contributed by atoms with Crippen molar-refractivity contribution in [3.8, 4) is 17.2 Å². The third-order valence-electron chi connectivity index (χ3n) is 6.32. The van der Waals surface area contributed by atoms with Crippen LogP contribution in [0, 0.1) is 23.0 Å². The molecule has 0 bridgehead atoms. The van der Waals surface area contributed by atoms with E-state index in [1.54, 1.807) is 4.90 Å². The number of halogens is 2. The number of carbonyl (C=O) groups is 1. The van der Waals surface area contributed by atoms with Gasteiger partial charge < -0.3 is 26.7 Å². The minimum atomic E-state index is -0.762. The zero-order chi connectivity index (χ0) is 23.4. The Morgan fingerprint density at radius 1 is 1.18 bits per heavy atom. The molecule has 3 aromatic rings. The van der Waals surface area contributed by atoms with E-state index in [2.05, 4.69) is 5.32 Å². The number of fused-ring (bicyclic) bond motifs is 3. The summed E-state index contributed by atoms with van der Waals surface area (Å²) >= 11 is 0.914. The molecule has 1 aromatic heterocycles. The first kappa shape index (κ1) is 21.4. The van der Waals surface area contributed by atoms with Gasteiger partial charge in [0.05, 0.1) is 27.2 Å². The van der Waals surface area contributed by atoms with Crippen LogP contribution in [0.2, 0.25) is 0 Å². The van der Waals surface area contributed by atoms with Gasteiger partial charge in [-0.15, -0.1) is 11.3 Å². The minimum absolute atomic E-state index is 0.0454. The molecule has 5 rings (SSSR count). The fourth-order valence-electron chi connectivity index (χ4n) is 4.76. The first-order chi connectivity index (χ1) is 15.8. The summed E-state index contributed by atoms with van der Waals surface area (Å²) in [5.74, 6) is 4.63. The highest BCUT2D eigenvalue weighted by Gasteiger charge is 2.35. The Morgan fingerprint density at radius 3 is 2.73 bits per heavy atom. The van der Waals surface area contributed by atoms with E-state index in [4.69, 9.17) is 17.3 Å². The normalized spacial score (nSPS) is 18.5. The van der Waals surface area contributed by atoms with E-state index in [-0.39, 0.29) is 60.7 Å². The van der Waals surface area contributed by atoms with Crippen LogP contribution in [0.15, 0.2) is 18.2 Å². The summed E-state index contributed by atoms with van der Waals surface area (Å²) in [6.45, 7) is 2.17. The van der Waals surface area contributed by atoms with Crippen LogP contribution < -0.4 is 27.6 Å². The van der Waals surface area contributed by atoms with Crippen LogP contribution in [0.5, 0.6) is 0 Å². The number of nitrogen functional groups attached to an aromatic ring is 2. The van der Waals surface area contributed by atoms with Crippen molar-refractivity contribution in [1.82, 2.24) is 10.2 Å². The summed E-state index contributed by atoms with van der Waals surface area (Å²) in [4.78, 5) is 15.1. The topological polar surface area (TPSA) is 137 Å². The van der Waals surface area contributed by atoms with E-state index >= 15 is 4.39 Å². The number of hydrogen-bond acceptors (Lipinski definition) is 8. The second-order valence-electron chi connectivity index (χ2n) is 8.13. The molecule has 3 heterocycles. The average molecular weight is 470 g/mol. The lowest BCUT2D eigenvalue weighted by Crippen LogP contribution is -2.56. The van der Waals surface area contributed by atoms with E-state index in [9.17, 15) is 14.4 Å². The number of nitrogens with one attached hydrogen (secondary N) is 1. The summed E-state index contributed by atoms with van der Waals surface area (Å²) in [6, 6.07) is 5.59. The number of carbonyl (C=O) groups excluding carboxylic acids is 1. The summed E-state index contributed by atoms with van der Waals surface area (Å²) in [6.07, 6.45) is 0.612. The van der Waals surface area contributed by atoms with Gasteiger partial charge in [0.25, 0.3) is 5.91 Å². The molecule has 2 aliphatic rings. The Labute approximate surface area is 192 Å². The lowest BCUT2D eigenvalue weighted by molar-refractivity contribution is 0.0622. The summed E-state index contributed by atoms with van der Waals surface area (Å²) < 4.78 is 30.3. The molecule has 33 heavy (non-hydrogen) atoms. The molecule has 1 amide bonds. The zero-order valence-corrected chi connectivity index (χ0v) is 18.3. The molecule has 1 fully saturated rings. The number of benzene rings is 2. The van der Waals surface area contributed by atoms with Crippen LogP contribution in [0.25, 0.3) is 21.2 Å². The fraction of sp³-hybridized carbons (Fsp3) is 0.273. The number of nitrogens with zero attached hydrogens (tertiary/aromatic N) is 3. The van der Waals surface area contributed by atoms with Crippen molar-refractivity contribution in [1.29, 1.82) is 5.26 Å². The van der Waals surface area contributed by atoms with Crippen molar-refractivity contribution in [2.45, 2.75) is 12.5 Å². The molecule has 1 saturated heterocycles. The van der Waals surface area contributed by atoms with Gasteiger partial charge >= 0.3 is 0 Å². The second kappa shape index (κ2) is 7.84. The third kappa shape index (κ3) is 3.18. The number of rotatable bonds is 1.